The molecule has 1 aromatic rings. The van der Waals surface area contributed by atoms with Crippen LogP contribution in [0.15, 0.2) is 22.7 Å². The van der Waals surface area contributed by atoms with Crippen molar-refractivity contribution in [1.82, 2.24) is 5.32 Å². The molecule has 1 aromatic carbocycles. The number of carboxylic acid groups (broad SMARTS) is 1. The summed E-state index contributed by atoms with van der Waals surface area (Å²) in [5, 5.41) is 11.3. The molecule has 1 amide bonds. The van der Waals surface area contributed by atoms with Crippen molar-refractivity contribution >= 4 is 27.8 Å². The molecule has 1 rings (SSSR count). The molecule has 94 valence electrons. The van der Waals surface area contributed by atoms with Crippen LogP contribution >= 0.6 is 15.9 Å². The van der Waals surface area contributed by atoms with E-state index in [1.165, 1.54) is 0 Å². The number of carboxylic acids is 1. The molecule has 0 bridgehead atoms. The molecule has 0 heterocycles. The van der Waals surface area contributed by atoms with E-state index in [-0.39, 0.29) is 6.42 Å². The van der Waals surface area contributed by atoms with Gasteiger partial charge in [0.1, 0.15) is 6.04 Å². The van der Waals surface area contributed by atoms with E-state index >= 15 is 0 Å². The van der Waals surface area contributed by atoms with E-state index in [2.05, 4.69) is 27.2 Å². The number of rotatable bonds is 4. The number of hydrogen-bond donors (Lipinski definition) is 2. The lowest BCUT2D eigenvalue weighted by atomic mass is 10.1. The third-order valence-corrected chi connectivity index (χ3v) is 2.69. The normalized spacial score (nSPS) is 11.4. The van der Waals surface area contributed by atoms with Gasteiger partial charge < -0.3 is 10.4 Å². The lowest BCUT2D eigenvalue weighted by molar-refractivity contribution is -0.139. The largest absolute Gasteiger partial charge is 0.480 e. The molecule has 0 aliphatic heterocycles. The van der Waals surface area contributed by atoms with Crippen LogP contribution in [0.25, 0.3) is 0 Å². The molecule has 18 heavy (non-hydrogen) atoms. The summed E-state index contributed by atoms with van der Waals surface area (Å²) in [6.07, 6.45) is 5.01. The molecule has 0 aliphatic carbocycles. The molecule has 0 fully saturated rings. The van der Waals surface area contributed by atoms with E-state index in [9.17, 15) is 9.59 Å². The van der Waals surface area contributed by atoms with Crippen molar-refractivity contribution in [2.24, 2.45) is 0 Å². The summed E-state index contributed by atoms with van der Waals surface area (Å²) in [6, 6.07) is 4.08. The molecular formula is C13H12BrNO3. The zero-order chi connectivity index (χ0) is 13.7. The summed E-state index contributed by atoms with van der Waals surface area (Å²) in [4.78, 5) is 22.7. The smallest absolute Gasteiger partial charge is 0.327 e. The highest BCUT2D eigenvalue weighted by molar-refractivity contribution is 9.10. The molecule has 0 spiro atoms. The second kappa shape index (κ2) is 6.22. The van der Waals surface area contributed by atoms with Gasteiger partial charge in [-0.1, -0.05) is 15.9 Å². The summed E-state index contributed by atoms with van der Waals surface area (Å²) in [6.45, 7) is 1.84. The summed E-state index contributed by atoms with van der Waals surface area (Å²) in [5.74, 6) is 0.622. The van der Waals surface area contributed by atoms with Crippen molar-refractivity contribution in [3.63, 3.8) is 0 Å². The number of halogens is 1. The highest BCUT2D eigenvalue weighted by Crippen LogP contribution is 2.15. The minimum Gasteiger partial charge on any atom is -0.480 e. The van der Waals surface area contributed by atoms with Gasteiger partial charge in [-0.3, -0.25) is 4.79 Å². The van der Waals surface area contributed by atoms with Crippen LogP contribution in [0.1, 0.15) is 22.3 Å². The Hall–Kier alpha value is -1.80. The molecule has 5 heteroatoms. The first-order valence-corrected chi connectivity index (χ1v) is 5.97. The van der Waals surface area contributed by atoms with Crippen LogP contribution in [0.3, 0.4) is 0 Å². The quantitative estimate of drug-likeness (QED) is 0.836. The average molecular weight is 310 g/mol. The average Bonchev–Trinajstić information content (AvgIpc) is 2.26. The molecule has 0 aromatic heterocycles. The summed E-state index contributed by atoms with van der Waals surface area (Å²) in [5.41, 5.74) is 1.29. The summed E-state index contributed by atoms with van der Waals surface area (Å²) >= 11 is 3.28. The van der Waals surface area contributed by atoms with Crippen molar-refractivity contribution in [1.29, 1.82) is 0 Å². The fraction of sp³-hybridized carbons (Fsp3) is 0.231. The zero-order valence-corrected chi connectivity index (χ0v) is 11.3. The van der Waals surface area contributed by atoms with Crippen molar-refractivity contribution in [3.05, 3.63) is 33.8 Å². The minimum absolute atomic E-state index is 0.0476. The van der Waals surface area contributed by atoms with E-state index in [4.69, 9.17) is 11.5 Å². The second-order valence-corrected chi connectivity index (χ2v) is 4.71. The number of aryl methyl sites for hydroxylation is 1. The SMILES string of the molecule is C#CCC(NC(=O)c1cc(C)cc(Br)c1)C(=O)O. The van der Waals surface area contributed by atoms with Gasteiger partial charge in [0.25, 0.3) is 5.91 Å². The number of carbonyl (C=O) groups excluding carboxylic acids is 1. The number of amides is 1. The van der Waals surface area contributed by atoms with Gasteiger partial charge in [0.05, 0.1) is 0 Å². The van der Waals surface area contributed by atoms with E-state index in [1.54, 1.807) is 12.1 Å². The summed E-state index contributed by atoms with van der Waals surface area (Å²) in [7, 11) is 0. The van der Waals surface area contributed by atoms with Crippen molar-refractivity contribution in [2.45, 2.75) is 19.4 Å². The topological polar surface area (TPSA) is 66.4 Å². The number of terminal acetylenes is 1. The maximum atomic E-state index is 11.9. The van der Waals surface area contributed by atoms with Gasteiger partial charge >= 0.3 is 5.97 Å². The molecule has 0 aliphatic rings. The zero-order valence-electron chi connectivity index (χ0n) is 9.74. The van der Waals surface area contributed by atoms with Crippen LogP contribution in [0.2, 0.25) is 0 Å². The number of carbonyl (C=O) groups is 2. The van der Waals surface area contributed by atoms with Crippen molar-refractivity contribution in [2.75, 3.05) is 0 Å². The Morgan fingerprint density at radius 3 is 2.67 bits per heavy atom. The van der Waals surface area contributed by atoms with E-state index in [0.29, 0.717) is 5.56 Å². The number of nitrogens with one attached hydrogen (secondary N) is 1. The molecule has 0 saturated heterocycles. The number of aliphatic carboxylic acids is 1. The first-order valence-electron chi connectivity index (χ1n) is 5.18. The highest BCUT2D eigenvalue weighted by Gasteiger charge is 2.19. The van der Waals surface area contributed by atoms with Gasteiger partial charge in [-0.2, -0.15) is 0 Å². The lowest BCUT2D eigenvalue weighted by Crippen LogP contribution is -2.40. The summed E-state index contributed by atoms with van der Waals surface area (Å²) < 4.78 is 0.761. The van der Waals surface area contributed by atoms with Gasteiger partial charge in [0.2, 0.25) is 0 Å². The fourth-order valence-corrected chi connectivity index (χ4v) is 2.03. The first kappa shape index (κ1) is 14.3. The fourth-order valence-electron chi connectivity index (χ4n) is 1.43. The van der Waals surface area contributed by atoms with Gasteiger partial charge in [0.15, 0.2) is 0 Å². The maximum absolute atomic E-state index is 11.9. The Morgan fingerprint density at radius 2 is 2.17 bits per heavy atom. The van der Waals surface area contributed by atoms with Crippen LogP contribution in [-0.2, 0) is 4.79 Å². The standard InChI is InChI=1S/C13H12BrNO3/c1-3-4-11(13(17)18)15-12(16)9-5-8(2)6-10(14)7-9/h1,5-7,11H,4H2,2H3,(H,15,16)(H,17,18). The van der Waals surface area contributed by atoms with E-state index in [1.807, 2.05) is 13.0 Å². The third-order valence-electron chi connectivity index (χ3n) is 2.23. The molecule has 1 atom stereocenters. The maximum Gasteiger partial charge on any atom is 0.327 e. The number of benzene rings is 1. The molecular weight excluding hydrogens is 298 g/mol. The second-order valence-electron chi connectivity index (χ2n) is 3.79. The third kappa shape index (κ3) is 3.90. The van der Waals surface area contributed by atoms with Crippen LogP contribution in [0.4, 0.5) is 0 Å². The Kier molecular flexibility index (Phi) is 4.93. The van der Waals surface area contributed by atoms with Gasteiger partial charge in [-0.25, -0.2) is 4.79 Å². The minimum atomic E-state index is -1.15. The van der Waals surface area contributed by atoms with Gasteiger partial charge in [-0.15, -0.1) is 12.3 Å². The Labute approximate surface area is 114 Å². The first-order chi connectivity index (χ1) is 8.43. The van der Waals surface area contributed by atoms with Crippen molar-refractivity contribution in [3.8, 4) is 12.3 Å². The Bertz CT molecular complexity index is 499. The van der Waals surface area contributed by atoms with Gasteiger partial charge in [0, 0.05) is 16.5 Å². The predicted molar refractivity (Wildman–Crippen MR) is 71.2 cm³/mol. The van der Waals surface area contributed by atoms with E-state index < -0.39 is 17.9 Å². The molecule has 1 unspecified atom stereocenters. The molecule has 0 saturated carbocycles. The Morgan fingerprint density at radius 1 is 1.50 bits per heavy atom. The Balaban J connectivity index is 2.87. The molecule has 0 radical (unpaired) electrons. The predicted octanol–water partition coefficient (Wildman–Crippen LogP) is 1.96. The monoisotopic (exact) mass is 309 g/mol. The number of hydrogen-bond acceptors (Lipinski definition) is 2. The van der Waals surface area contributed by atoms with Crippen LogP contribution in [0.5, 0.6) is 0 Å². The molecule has 4 nitrogen and oxygen atoms in total. The van der Waals surface area contributed by atoms with Crippen LogP contribution in [-0.4, -0.2) is 23.0 Å². The highest BCUT2D eigenvalue weighted by atomic mass is 79.9. The van der Waals surface area contributed by atoms with Gasteiger partial charge in [-0.05, 0) is 30.7 Å². The van der Waals surface area contributed by atoms with Crippen LogP contribution in [0, 0.1) is 19.3 Å². The van der Waals surface area contributed by atoms with Crippen LogP contribution < -0.4 is 5.32 Å². The van der Waals surface area contributed by atoms with Crippen molar-refractivity contribution < 1.29 is 14.7 Å². The molecule has 2 N–H and O–H groups in total. The van der Waals surface area contributed by atoms with E-state index in [0.717, 1.165) is 10.0 Å². The lowest BCUT2D eigenvalue weighted by Gasteiger charge is -2.12.